The van der Waals surface area contributed by atoms with Gasteiger partial charge in [0.15, 0.2) is 0 Å². The molecule has 1 saturated heterocycles. The zero-order valence-corrected chi connectivity index (χ0v) is 12.7. The maximum atomic E-state index is 11.7. The van der Waals surface area contributed by atoms with E-state index in [1.54, 1.807) is 11.8 Å². The van der Waals surface area contributed by atoms with Gasteiger partial charge in [-0.2, -0.15) is 0 Å². The molecule has 2 N–H and O–H groups in total. The fourth-order valence-corrected chi connectivity index (χ4v) is 2.63. The maximum absolute atomic E-state index is 11.7. The molecule has 1 unspecified atom stereocenters. The molecule has 21 heavy (non-hydrogen) atoms. The molecular weight excluding hydrogens is 268 g/mol. The largest absolute Gasteiger partial charge is 0.450 e. The lowest BCUT2D eigenvalue weighted by molar-refractivity contribution is 0.0983. The lowest BCUT2D eigenvalue weighted by Crippen LogP contribution is -2.42. The summed E-state index contributed by atoms with van der Waals surface area (Å²) in [4.78, 5) is 13.4. The quantitative estimate of drug-likeness (QED) is 0.896. The van der Waals surface area contributed by atoms with E-state index in [1.807, 2.05) is 31.2 Å². The molecule has 0 saturated carbocycles. The van der Waals surface area contributed by atoms with E-state index < -0.39 is 6.10 Å². The number of aliphatic hydroxyl groups is 1. The number of benzene rings is 1. The maximum Gasteiger partial charge on any atom is 0.409 e. The molecule has 1 atom stereocenters. The van der Waals surface area contributed by atoms with Crippen molar-refractivity contribution in [3.05, 3.63) is 29.8 Å². The highest BCUT2D eigenvalue weighted by Crippen LogP contribution is 2.25. The highest BCUT2D eigenvalue weighted by Gasteiger charge is 2.24. The Balaban J connectivity index is 1.91. The van der Waals surface area contributed by atoms with Crippen LogP contribution in [0.3, 0.4) is 0 Å². The molecule has 5 heteroatoms. The number of aliphatic hydroxyl groups excluding tert-OH is 1. The van der Waals surface area contributed by atoms with Crippen LogP contribution in [0.5, 0.6) is 0 Å². The number of para-hydroxylation sites is 1. The molecule has 1 aromatic rings. The Hall–Kier alpha value is -1.75. The van der Waals surface area contributed by atoms with Crippen molar-refractivity contribution in [1.29, 1.82) is 0 Å². The summed E-state index contributed by atoms with van der Waals surface area (Å²) in [7, 11) is 0. The van der Waals surface area contributed by atoms with E-state index in [-0.39, 0.29) is 6.09 Å². The van der Waals surface area contributed by atoms with Crippen molar-refractivity contribution in [1.82, 2.24) is 4.90 Å². The number of nitrogens with zero attached hydrogens (tertiary/aromatic N) is 1. The van der Waals surface area contributed by atoms with Crippen LogP contribution in [-0.4, -0.2) is 41.8 Å². The van der Waals surface area contributed by atoms with Gasteiger partial charge in [0, 0.05) is 30.4 Å². The number of hydrogen-bond donors (Lipinski definition) is 2. The van der Waals surface area contributed by atoms with Gasteiger partial charge in [-0.25, -0.2) is 4.79 Å². The first-order valence-electron chi connectivity index (χ1n) is 7.57. The fourth-order valence-electron chi connectivity index (χ4n) is 2.63. The molecule has 1 aliphatic heterocycles. The van der Waals surface area contributed by atoms with E-state index in [9.17, 15) is 9.90 Å². The Bertz CT molecular complexity index is 468. The number of ether oxygens (including phenoxy) is 1. The molecule has 0 radical (unpaired) electrons. The van der Waals surface area contributed by atoms with Crippen molar-refractivity contribution in [2.75, 3.05) is 25.0 Å². The summed E-state index contributed by atoms with van der Waals surface area (Å²) in [6.07, 6.45) is 1.05. The van der Waals surface area contributed by atoms with Crippen molar-refractivity contribution in [3.8, 4) is 0 Å². The van der Waals surface area contributed by atoms with E-state index in [0.29, 0.717) is 25.7 Å². The topological polar surface area (TPSA) is 61.8 Å². The summed E-state index contributed by atoms with van der Waals surface area (Å²) < 4.78 is 5.02. The van der Waals surface area contributed by atoms with Crippen LogP contribution in [0.1, 0.15) is 38.4 Å². The van der Waals surface area contributed by atoms with Gasteiger partial charge in [-0.1, -0.05) is 18.2 Å². The van der Waals surface area contributed by atoms with Crippen LogP contribution < -0.4 is 5.32 Å². The molecule has 1 amide bonds. The monoisotopic (exact) mass is 292 g/mol. The second kappa shape index (κ2) is 7.31. The number of piperidine rings is 1. The molecule has 1 aromatic carbocycles. The summed E-state index contributed by atoms with van der Waals surface area (Å²) in [5.74, 6) is 0. The summed E-state index contributed by atoms with van der Waals surface area (Å²) in [5, 5.41) is 13.3. The summed E-state index contributed by atoms with van der Waals surface area (Å²) in [6, 6.07) is 8.12. The Kier molecular flexibility index (Phi) is 5.44. The highest BCUT2D eigenvalue weighted by atomic mass is 16.6. The Morgan fingerprint density at radius 1 is 1.43 bits per heavy atom. The number of carbonyl (C=O) groups excluding carboxylic acids is 1. The van der Waals surface area contributed by atoms with E-state index in [0.717, 1.165) is 24.1 Å². The predicted molar refractivity (Wildman–Crippen MR) is 82.3 cm³/mol. The lowest BCUT2D eigenvalue weighted by atomic mass is 10.0. The van der Waals surface area contributed by atoms with Crippen LogP contribution in [0.2, 0.25) is 0 Å². The van der Waals surface area contributed by atoms with Gasteiger partial charge in [0.05, 0.1) is 12.7 Å². The zero-order valence-electron chi connectivity index (χ0n) is 12.7. The minimum Gasteiger partial charge on any atom is -0.450 e. The van der Waals surface area contributed by atoms with E-state index in [1.165, 1.54) is 0 Å². The molecule has 1 heterocycles. The third-order valence-electron chi connectivity index (χ3n) is 3.79. The zero-order chi connectivity index (χ0) is 15.2. The van der Waals surface area contributed by atoms with Gasteiger partial charge >= 0.3 is 6.09 Å². The normalized spacial score (nSPS) is 17.4. The van der Waals surface area contributed by atoms with Crippen molar-refractivity contribution in [3.63, 3.8) is 0 Å². The summed E-state index contributed by atoms with van der Waals surface area (Å²) in [6.45, 7) is 5.41. The molecule has 1 aliphatic rings. The van der Waals surface area contributed by atoms with Crippen LogP contribution in [0.25, 0.3) is 0 Å². The number of likely N-dealkylation sites (tertiary alicyclic amines) is 1. The average molecular weight is 292 g/mol. The molecule has 0 spiro atoms. The third-order valence-corrected chi connectivity index (χ3v) is 3.79. The van der Waals surface area contributed by atoms with Crippen molar-refractivity contribution in [2.45, 2.75) is 38.8 Å². The Morgan fingerprint density at radius 2 is 2.10 bits per heavy atom. The van der Waals surface area contributed by atoms with Crippen LogP contribution in [0.4, 0.5) is 10.5 Å². The van der Waals surface area contributed by atoms with Gasteiger partial charge in [-0.15, -0.1) is 0 Å². The van der Waals surface area contributed by atoms with Gasteiger partial charge < -0.3 is 20.1 Å². The first-order chi connectivity index (χ1) is 10.1. The van der Waals surface area contributed by atoms with Gasteiger partial charge in [-0.3, -0.25) is 0 Å². The van der Waals surface area contributed by atoms with E-state index in [2.05, 4.69) is 5.32 Å². The Morgan fingerprint density at radius 3 is 2.71 bits per heavy atom. The van der Waals surface area contributed by atoms with Crippen LogP contribution in [0, 0.1) is 0 Å². The van der Waals surface area contributed by atoms with Crippen molar-refractivity contribution >= 4 is 11.8 Å². The number of anilines is 1. The number of carbonyl (C=O) groups is 1. The van der Waals surface area contributed by atoms with Crippen LogP contribution in [0.15, 0.2) is 24.3 Å². The number of hydrogen-bond acceptors (Lipinski definition) is 4. The van der Waals surface area contributed by atoms with Gasteiger partial charge in [-0.05, 0) is 32.8 Å². The third kappa shape index (κ3) is 4.11. The molecular formula is C16H24N2O3. The smallest absolute Gasteiger partial charge is 0.409 e. The molecule has 0 aromatic heterocycles. The first-order valence-corrected chi connectivity index (χ1v) is 7.57. The lowest BCUT2D eigenvalue weighted by Gasteiger charge is -2.32. The molecule has 116 valence electrons. The van der Waals surface area contributed by atoms with Crippen LogP contribution in [-0.2, 0) is 4.74 Å². The molecule has 2 rings (SSSR count). The minimum absolute atomic E-state index is 0.222. The SMILES string of the molecule is CCOC(=O)N1CCC(Nc2ccccc2C(C)O)CC1. The summed E-state index contributed by atoms with van der Waals surface area (Å²) >= 11 is 0. The molecule has 0 aliphatic carbocycles. The first kappa shape index (κ1) is 15.6. The number of rotatable bonds is 4. The average Bonchev–Trinajstić information content (AvgIpc) is 2.48. The number of amides is 1. The minimum atomic E-state index is -0.492. The van der Waals surface area contributed by atoms with E-state index in [4.69, 9.17) is 4.74 Å². The van der Waals surface area contributed by atoms with Gasteiger partial charge in [0.2, 0.25) is 0 Å². The second-order valence-electron chi connectivity index (χ2n) is 5.37. The van der Waals surface area contributed by atoms with E-state index >= 15 is 0 Å². The second-order valence-corrected chi connectivity index (χ2v) is 5.37. The Labute approximate surface area is 125 Å². The predicted octanol–water partition coefficient (Wildman–Crippen LogP) is 2.77. The summed E-state index contributed by atoms with van der Waals surface area (Å²) in [5.41, 5.74) is 1.88. The van der Waals surface area contributed by atoms with Crippen molar-refractivity contribution < 1.29 is 14.6 Å². The highest BCUT2D eigenvalue weighted by molar-refractivity contribution is 5.67. The van der Waals surface area contributed by atoms with Crippen LogP contribution >= 0.6 is 0 Å². The number of nitrogens with one attached hydrogen (secondary N) is 1. The molecule has 1 fully saturated rings. The molecule has 0 bridgehead atoms. The van der Waals surface area contributed by atoms with Gasteiger partial charge in [0.1, 0.15) is 0 Å². The molecule has 5 nitrogen and oxygen atoms in total. The van der Waals surface area contributed by atoms with Gasteiger partial charge in [0.25, 0.3) is 0 Å². The van der Waals surface area contributed by atoms with Crippen molar-refractivity contribution in [2.24, 2.45) is 0 Å². The fraction of sp³-hybridized carbons (Fsp3) is 0.562. The standard InChI is InChI=1S/C16H24N2O3/c1-3-21-16(20)18-10-8-13(9-11-18)17-15-7-5-4-6-14(15)12(2)19/h4-7,12-13,17,19H,3,8-11H2,1-2H3.